The van der Waals surface area contributed by atoms with Crippen LogP contribution in [-0.4, -0.2) is 24.1 Å². The normalized spacial score (nSPS) is 13.0. The molecule has 1 aromatic carbocycles. The summed E-state index contributed by atoms with van der Waals surface area (Å²) in [5.74, 6) is -0.427. The minimum Gasteiger partial charge on any atom is -0.462 e. The zero-order valence-corrected chi connectivity index (χ0v) is 11.6. The molecule has 0 fully saturated rings. The molecule has 0 aliphatic heterocycles. The highest BCUT2D eigenvalue weighted by molar-refractivity contribution is 6.20. The second kappa shape index (κ2) is 8.15. The predicted octanol–water partition coefficient (Wildman–Crippen LogP) is 4.57. The number of hydrogen-bond acceptors (Lipinski definition) is 2. The second-order valence-corrected chi connectivity index (χ2v) is 5.03. The quantitative estimate of drug-likeness (QED) is 0.419. The van der Waals surface area contributed by atoms with Crippen molar-refractivity contribution in [1.82, 2.24) is 0 Å². The first kappa shape index (κ1) is 16.8. The number of rotatable bonds is 7. The SMILES string of the molecule is O=C(OCCCCC(Cl)CC(F)(F)F)c1ccccc1. The Morgan fingerprint density at radius 1 is 1.20 bits per heavy atom. The fourth-order valence-corrected chi connectivity index (χ4v) is 1.97. The van der Waals surface area contributed by atoms with E-state index in [4.69, 9.17) is 16.3 Å². The highest BCUT2D eigenvalue weighted by Crippen LogP contribution is 2.26. The lowest BCUT2D eigenvalue weighted by atomic mass is 10.1. The molecule has 0 bridgehead atoms. The third-order valence-electron chi connectivity index (χ3n) is 2.61. The van der Waals surface area contributed by atoms with Crippen LogP contribution in [0.4, 0.5) is 13.2 Å². The number of carbonyl (C=O) groups is 1. The Morgan fingerprint density at radius 3 is 2.45 bits per heavy atom. The number of benzene rings is 1. The maximum absolute atomic E-state index is 12.0. The Balaban J connectivity index is 2.12. The van der Waals surface area contributed by atoms with Gasteiger partial charge < -0.3 is 4.74 Å². The lowest BCUT2D eigenvalue weighted by Gasteiger charge is -2.11. The maximum Gasteiger partial charge on any atom is 0.390 e. The smallest absolute Gasteiger partial charge is 0.390 e. The maximum atomic E-state index is 12.0. The van der Waals surface area contributed by atoms with Gasteiger partial charge in [-0.1, -0.05) is 18.2 Å². The summed E-state index contributed by atoms with van der Waals surface area (Å²) in [6.07, 6.45) is -3.97. The van der Waals surface area contributed by atoms with E-state index < -0.39 is 23.9 Å². The molecule has 1 rings (SSSR count). The van der Waals surface area contributed by atoms with Gasteiger partial charge in [-0.3, -0.25) is 0 Å². The molecule has 0 saturated carbocycles. The van der Waals surface area contributed by atoms with Crippen LogP contribution >= 0.6 is 11.6 Å². The highest BCUT2D eigenvalue weighted by atomic mass is 35.5. The minimum atomic E-state index is -4.23. The Kier molecular flexibility index (Phi) is 6.85. The summed E-state index contributed by atoms with van der Waals surface area (Å²) in [6.45, 7) is 0.184. The Labute approximate surface area is 120 Å². The molecule has 1 atom stereocenters. The predicted molar refractivity (Wildman–Crippen MR) is 70.9 cm³/mol. The van der Waals surface area contributed by atoms with Crippen molar-refractivity contribution in [1.29, 1.82) is 0 Å². The summed E-state index contributed by atoms with van der Waals surface area (Å²) in [4.78, 5) is 11.5. The second-order valence-electron chi connectivity index (χ2n) is 4.41. The third kappa shape index (κ3) is 7.38. The van der Waals surface area contributed by atoms with Crippen molar-refractivity contribution in [3.63, 3.8) is 0 Å². The zero-order valence-electron chi connectivity index (χ0n) is 10.8. The van der Waals surface area contributed by atoms with E-state index >= 15 is 0 Å². The fourth-order valence-electron chi connectivity index (χ4n) is 1.64. The topological polar surface area (TPSA) is 26.3 Å². The van der Waals surface area contributed by atoms with Gasteiger partial charge in [-0.05, 0) is 31.4 Å². The van der Waals surface area contributed by atoms with Gasteiger partial charge in [0.05, 0.1) is 18.6 Å². The highest BCUT2D eigenvalue weighted by Gasteiger charge is 2.30. The fraction of sp³-hybridized carbons (Fsp3) is 0.500. The number of alkyl halides is 4. The van der Waals surface area contributed by atoms with Gasteiger partial charge in [-0.25, -0.2) is 4.79 Å². The van der Waals surface area contributed by atoms with E-state index in [-0.39, 0.29) is 13.0 Å². The average Bonchev–Trinajstić information content (AvgIpc) is 2.37. The van der Waals surface area contributed by atoms with Crippen molar-refractivity contribution < 1.29 is 22.7 Å². The van der Waals surface area contributed by atoms with E-state index in [9.17, 15) is 18.0 Å². The van der Waals surface area contributed by atoms with Crippen LogP contribution in [0.1, 0.15) is 36.0 Å². The van der Waals surface area contributed by atoms with Gasteiger partial charge in [0.25, 0.3) is 0 Å². The first-order valence-electron chi connectivity index (χ1n) is 6.31. The number of carbonyl (C=O) groups excluding carboxylic acids is 1. The summed E-state index contributed by atoms with van der Waals surface area (Å²) >= 11 is 5.58. The average molecular weight is 309 g/mol. The Morgan fingerprint density at radius 2 is 1.85 bits per heavy atom. The van der Waals surface area contributed by atoms with E-state index in [0.717, 1.165) is 0 Å². The van der Waals surface area contributed by atoms with E-state index in [1.807, 2.05) is 0 Å². The molecule has 112 valence electrons. The van der Waals surface area contributed by atoms with Crippen molar-refractivity contribution in [2.24, 2.45) is 0 Å². The van der Waals surface area contributed by atoms with Crippen LogP contribution in [0.25, 0.3) is 0 Å². The molecule has 0 aliphatic rings. The molecule has 1 unspecified atom stereocenters. The molecule has 0 heterocycles. The molecular formula is C14H16ClF3O2. The molecule has 0 amide bonds. The van der Waals surface area contributed by atoms with Crippen molar-refractivity contribution in [2.45, 2.75) is 37.2 Å². The van der Waals surface area contributed by atoms with Crippen LogP contribution < -0.4 is 0 Å². The third-order valence-corrected chi connectivity index (χ3v) is 2.98. The van der Waals surface area contributed by atoms with Gasteiger partial charge in [0.1, 0.15) is 0 Å². The van der Waals surface area contributed by atoms with E-state index in [1.165, 1.54) is 0 Å². The number of unbranched alkanes of at least 4 members (excludes halogenated alkanes) is 1. The molecular weight excluding hydrogens is 293 g/mol. The molecule has 0 N–H and O–H groups in total. The zero-order chi connectivity index (χ0) is 15.0. The molecule has 1 aromatic rings. The molecule has 0 saturated heterocycles. The first-order valence-corrected chi connectivity index (χ1v) is 6.75. The van der Waals surface area contributed by atoms with Crippen molar-refractivity contribution in [2.75, 3.05) is 6.61 Å². The van der Waals surface area contributed by atoms with E-state index in [0.29, 0.717) is 18.4 Å². The van der Waals surface area contributed by atoms with Crippen molar-refractivity contribution >= 4 is 17.6 Å². The van der Waals surface area contributed by atoms with Crippen LogP contribution in [0, 0.1) is 0 Å². The number of halogens is 4. The number of ether oxygens (including phenoxy) is 1. The van der Waals surface area contributed by atoms with Gasteiger partial charge in [0.2, 0.25) is 0 Å². The molecule has 0 aromatic heterocycles. The largest absolute Gasteiger partial charge is 0.462 e. The van der Waals surface area contributed by atoms with Crippen LogP contribution in [0.15, 0.2) is 30.3 Å². The molecule has 20 heavy (non-hydrogen) atoms. The lowest BCUT2D eigenvalue weighted by Crippen LogP contribution is -2.15. The summed E-state index contributed by atoms with van der Waals surface area (Å²) in [6, 6.07) is 8.52. The molecule has 6 heteroatoms. The minimum absolute atomic E-state index is 0.184. The van der Waals surface area contributed by atoms with Crippen LogP contribution in [-0.2, 0) is 4.74 Å². The molecule has 0 spiro atoms. The van der Waals surface area contributed by atoms with Gasteiger partial charge in [-0.15, -0.1) is 11.6 Å². The van der Waals surface area contributed by atoms with Crippen LogP contribution in [0.3, 0.4) is 0 Å². The summed E-state index contributed by atoms with van der Waals surface area (Å²) < 4.78 is 41.1. The first-order chi connectivity index (χ1) is 9.38. The van der Waals surface area contributed by atoms with Gasteiger partial charge in [-0.2, -0.15) is 13.2 Å². The lowest BCUT2D eigenvalue weighted by molar-refractivity contribution is -0.134. The van der Waals surface area contributed by atoms with Crippen LogP contribution in [0.2, 0.25) is 0 Å². The summed E-state index contributed by atoms with van der Waals surface area (Å²) in [5.41, 5.74) is 0.458. The van der Waals surface area contributed by atoms with Gasteiger partial charge in [0.15, 0.2) is 0 Å². The molecule has 0 radical (unpaired) electrons. The summed E-state index contributed by atoms with van der Waals surface area (Å²) in [5, 5.41) is -0.917. The Hall–Kier alpha value is -1.23. The Bertz CT molecular complexity index is 407. The van der Waals surface area contributed by atoms with E-state index in [1.54, 1.807) is 30.3 Å². The van der Waals surface area contributed by atoms with E-state index in [2.05, 4.69) is 0 Å². The molecule has 2 nitrogen and oxygen atoms in total. The van der Waals surface area contributed by atoms with Gasteiger partial charge in [0, 0.05) is 5.38 Å². The van der Waals surface area contributed by atoms with Gasteiger partial charge >= 0.3 is 12.1 Å². The van der Waals surface area contributed by atoms with Crippen molar-refractivity contribution in [3.05, 3.63) is 35.9 Å². The molecule has 0 aliphatic carbocycles. The van der Waals surface area contributed by atoms with Crippen molar-refractivity contribution in [3.8, 4) is 0 Å². The number of esters is 1. The summed E-state index contributed by atoms with van der Waals surface area (Å²) in [7, 11) is 0. The van der Waals surface area contributed by atoms with Crippen LogP contribution in [0.5, 0.6) is 0 Å². The standard InChI is InChI=1S/C14H16ClF3O2/c15-12(10-14(16,17)18)8-4-5-9-20-13(19)11-6-2-1-3-7-11/h1-3,6-7,12H,4-5,8-10H2. The monoisotopic (exact) mass is 308 g/mol. The number of hydrogen-bond donors (Lipinski definition) is 0.